The van der Waals surface area contributed by atoms with Crippen molar-refractivity contribution in [2.75, 3.05) is 47.5 Å². The average Bonchev–Trinajstić information content (AvgIpc) is 3.26. The zero-order chi connectivity index (χ0) is 47.8. The highest BCUT2D eigenvalue weighted by Crippen LogP contribution is 2.43. The lowest BCUT2D eigenvalue weighted by Crippen LogP contribution is -2.37. The lowest BCUT2D eigenvalue weighted by Gasteiger charge is -2.24. The van der Waals surface area contributed by atoms with Crippen LogP contribution in [0.15, 0.2) is 36.5 Å². The molecule has 0 saturated heterocycles. The predicted molar refractivity (Wildman–Crippen MR) is 275 cm³/mol. The molecule has 0 fully saturated rings. The molecule has 65 heavy (non-hydrogen) atoms. The number of nitrogens with zero attached hydrogens (tertiary/aromatic N) is 1. The van der Waals surface area contributed by atoms with Gasteiger partial charge >= 0.3 is 19.8 Å². The zero-order valence-electron chi connectivity index (χ0n) is 43.2. The Morgan fingerprint density at radius 1 is 0.477 bits per heavy atom. The molecule has 0 aliphatic rings. The molecule has 2 atom stereocenters. The van der Waals surface area contributed by atoms with Crippen LogP contribution in [0.5, 0.6) is 0 Å². The van der Waals surface area contributed by atoms with Gasteiger partial charge in [0.15, 0.2) is 6.10 Å². The number of carbonyl (C=O) groups excluding carboxylic acids is 2. The molecule has 0 aliphatic carbocycles. The number of allylic oxidation sites excluding steroid dienone is 6. The Hall–Kier alpha value is -1.77. The summed E-state index contributed by atoms with van der Waals surface area (Å²) in [6.07, 6.45) is 56.3. The van der Waals surface area contributed by atoms with Crippen LogP contribution in [0.1, 0.15) is 251 Å². The summed E-state index contributed by atoms with van der Waals surface area (Å²) >= 11 is 0. The van der Waals surface area contributed by atoms with E-state index in [1.807, 2.05) is 21.1 Å². The van der Waals surface area contributed by atoms with E-state index in [4.69, 9.17) is 18.5 Å². The van der Waals surface area contributed by atoms with E-state index in [2.05, 4.69) is 50.3 Å². The Kier molecular flexibility index (Phi) is 46.0. The number of carbonyl (C=O) groups is 2. The van der Waals surface area contributed by atoms with E-state index in [-0.39, 0.29) is 32.0 Å². The Morgan fingerprint density at radius 2 is 0.831 bits per heavy atom. The van der Waals surface area contributed by atoms with Crippen LogP contribution in [0.2, 0.25) is 0 Å². The third kappa shape index (κ3) is 51.5. The smallest absolute Gasteiger partial charge is 0.462 e. The summed E-state index contributed by atoms with van der Waals surface area (Å²) in [4.78, 5) is 35.6. The van der Waals surface area contributed by atoms with E-state index < -0.39 is 26.5 Å². The summed E-state index contributed by atoms with van der Waals surface area (Å²) in [5.74, 6) is -0.800. The molecule has 0 spiro atoms. The number of esters is 2. The van der Waals surface area contributed by atoms with Crippen LogP contribution in [-0.2, 0) is 32.7 Å². The van der Waals surface area contributed by atoms with Crippen LogP contribution in [0.25, 0.3) is 0 Å². The van der Waals surface area contributed by atoms with Crippen LogP contribution < -0.4 is 0 Å². The van der Waals surface area contributed by atoms with Crippen molar-refractivity contribution in [1.29, 1.82) is 0 Å². The third-order valence-electron chi connectivity index (χ3n) is 11.9. The van der Waals surface area contributed by atoms with Crippen molar-refractivity contribution in [3.05, 3.63) is 36.5 Å². The third-order valence-corrected chi connectivity index (χ3v) is 12.9. The molecule has 0 amide bonds. The van der Waals surface area contributed by atoms with Gasteiger partial charge in [-0.25, -0.2) is 4.57 Å². The lowest BCUT2D eigenvalue weighted by atomic mass is 10.0. The topological polar surface area (TPSA) is 108 Å². The van der Waals surface area contributed by atoms with Crippen molar-refractivity contribution >= 4 is 19.8 Å². The lowest BCUT2D eigenvalue weighted by molar-refractivity contribution is -0.870. The maximum Gasteiger partial charge on any atom is 0.472 e. The fourth-order valence-corrected chi connectivity index (χ4v) is 8.37. The Bertz CT molecular complexity index is 1200. The van der Waals surface area contributed by atoms with E-state index >= 15 is 0 Å². The quantitative estimate of drug-likeness (QED) is 0.0211. The minimum Gasteiger partial charge on any atom is -0.462 e. The number of hydrogen-bond donors (Lipinski definition) is 1. The fraction of sp³-hybridized carbons (Fsp3) is 0.855. The minimum atomic E-state index is -4.38. The molecular formula is C55H105NO8P+. The van der Waals surface area contributed by atoms with Crippen molar-refractivity contribution < 1.29 is 42.1 Å². The second-order valence-corrected chi connectivity index (χ2v) is 21.1. The van der Waals surface area contributed by atoms with Gasteiger partial charge in [0.05, 0.1) is 27.7 Å². The standard InChI is InChI=1S/C55H104NO8P/c1-6-8-10-12-14-16-18-20-22-24-25-26-27-28-29-30-31-32-34-36-38-40-42-44-46-48-55(58)64-53(52-63-65(59,60)62-50-49-56(3,4)5)51-61-54(57)47-45-43-41-39-37-35-33-23-21-19-17-15-13-11-9-7-2/h18,20,23-25,33,53H,6-17,19,21-22,26-32,34-52H2,1-5H3/p+1/b20-18-,25-24-,33-23-. The molecule has 10 heteroatoms. The van der Waals surface area contributed by atoms with Crippen LogP contribution in [0.4, 0.5) is 0 Å². The summed E-state index contributed by atoms with van der Waals surface area (Å²) in [5.41, 5.74) is 0. The summed E-state index contributed by atoms with van der Waals surface area (Å²) in [7, 11) is 1.48. The zero-order valence-corrected chi connectivity index (χ0v) is 44.1. The molecule has 0 bridgehead atoms. The van der Waals surface area contributed by atoms with Gasteiger partial charge in [-0.2, -0.15) is 0 Å². The first-order valence-corrected chi connectivity index (χ1v) is 28.7. The fourth-order valence-electron chi connectivity index (χ4n) is 7.63. The maximum atomic E-state index is 12.8. The van der Waals surface area contributed by atoms with Crippen molar-refractivity contribution in [3.63, 3.8) is 0 Å². The number of phosphoric ester groups is 1. The van der Waals surface area contributed by atoms with Crippen LogP contribution >= 0.6 is 7.82 Å². The molecule has 0 aromatic carbocycles. The molecule has 0 heterocycles. The molecule has 0 aliphatic heterocycles. The number of hydrogen-bond acceptors (Lipinski definition) is 7. The van der Waals surface area contributed by atoms with Gasteiger partial charge in [-0.15, -0.1) is 0 Å². The van der Waals surface area contributed by atoms with E-state index in [0.29, 0.717) is 17.4 Å². The van der Waals surface area contributed by atoms with E-state index in [9.17, 15) is 19.0 Å². The molecule has 0 aromatic heterocycles. The van der Waals surface area contributed by atoms with Gasteiger partial charge in [-0.05, 0) is 70.6 Å². The summed E-state index contributed by atoms with van der Waals surface area (Å²) < 4.78 is 34.5. The van der Waals surface area contributed by atoms with E-state index in [1.54, 1.807) is 0 Å². The highest BCUT2D eigenvalue weighted by molar-refractivity contribution is 7.47. The second-order valence-electron chi connectivity index (χ2n) is 19.6. The van der Waals surface area contributed by atoms with Gasteiger partial charge < -0.3 is 18.9 Å². The maximum absolute atomic E-state index is 12.8. The van der Waals surface area contributed by atoms with Crippen LogP contribution in [0.3, 0.4) is 0 Å². The molecular weight excluding hydrogens is 834 g/mol. The van der Waals surface area contributed by atoms with Crippen molar-refractivity contribution in [2.24, 2.45) is 0 Å². The summed E-state index contributed by atoms with van der Waals surface area (Å²) in [6, 6.07) is 0. The number of ether oxygens (including phenoxy) is 2. The van der Waals surface area contributed by atoms with Gasteiger partial charge in [-0.1, -0.05) is 204 Å². The number of likely N-dealkylation sites (N-methyl/N-ethyl adjacent to an activating group) is 1. The van der Waals surface area contributed by atoms with Crippen molar-refractivity contribution in [3.8, 4) is 0 Å². The highest BCUT2D eigenvalue weighted by Gasteiger charge is 2.27. The first kappa shape index (κ1) is 63.2. The monoisotopic (exact) mass is 939 g/mol. The summed E-state index contributed by atoms with van der Waals surface area (Å²) in [5, 5.41) is 0. The molecule has 1 N–H and O–H groups in total. The Balaban J connectivity index is 4.18. The number of rotatable bonds is 50. The van der Waals surface area contributed by atoms with Crippen LogP contribution in [-0.4, -0.2) is 74.9 Å². The van der Waals surface area contributed by atoms with Crippen molar-refractivity contribution in [1.82, 2.24) is 0 Å². The molecule has 382 valence electrons. The molecule has 2 unspecified atom stereocenters. The average molecular weight is 939 g/mol. The van der Waals surface area contributed by atoms with Gasteiger partial charge in [0, 0.05) is 12.8 Å². The van der Waals surface area contributed by atoms with Crippen molar-refractivity contribution in [2.45, 2.75) is 258 Å². The number of quaternary nitrogens is 1. The second kappa shape index (κ2) is 47.3. The minimum absolute atomic E-state index is 0.0311. The molecule has 0 rings (SSSR count). The van der Waals surface area contributed by atoms with Gasteiger partial charge in [0.25, 0.3) is 0 Å². The predicted octanol–water partition coefficient (Wildman–Crippen LogP) is 16.4. The summed E-state index contributed by atoms with van der Waals surface area (Å²) in [6.45, 7) is 4.43. The normalized spacial score (nSPS) is 13.6. The first-order chi connectivity index (χ1) is 31.5. The molecule has 9 nitrogen and oxygen atoms in total. The molecule has 0 radical (unpaired) electrons. The van der Waals surface area contributed by atoms with E-state index in [1.165, 1.54) is 161 Å². The SMILES string of the molecule is CCCCCCC/C=C\C/C=C\CCCCCCCCCCCCCCCC(=O)OC(COC(=O)CCCCCCC/C=C\CCCCCCCCC)COP(=O)(O)OCC[N+](C)(C)C. The van der Waals surface area contributed by atoms with Crippen LogP contribution in [0, 0.1) is 0 Å². The van der Waals surface area contributed by atoms with E-state index in [0.717, 1.165) is 57.8 Å². The van der Waals surface area contributed by atoms with Gasteiger partial charge in [0.2, 0.25) is 0 Å². The van der Waals surface area contributed by atoms with Gasteiger partial charge in [-0.3, -0.25) is 18.6 Å². The molecule has 0 saturated carbocycles. The Morgan fingerprint density at radius 3 is 1.23 bits per heavy atom. The van der Waals surface area contributed by atoms with Gasteiger partial charge in [0.1, 0.15) is 19.8 Å². The largest absolute Gasteiger partial charge is 0.472 e. The first-order valence-electron chi connectivity index (χ1n) is 27.2. The number of phosphoric acid groups is 1. The highest BCUT2D eigenvalue weighted by atomic mass is 31.2. The Labute approximate surface area is 401 Å². The molecule has 0 aromatic rings. The number of unbranched alkanes of at least 4 members (excludes halogenated alkanes) is 30.